The molecule has 30 heavy (non-hydrogen) atoms. The third kappa shape index (κ3) is 4.59. The molecule has 3 rings (SSSR count). The first-order valence-corrected chi connectivity index (χ1v) is 9.58. The van der Waals surface area contributed by atoms with Crippen molar-refractivity contribution in [3.8, 4) is 5.75 Å². The van der Waals surface area contributed by atoms with Gasteiger partial charge in [0.05, 0.1) is 5.69 Å². The maximum Gasteiger partial charge on any atom is 0.271 e. The summed E-state index contributed by atoms with van der Waals surface area (Å²) >= 11 is 0. The molecule has 2 aromatic rings. The van der Waals surface area contributed by atoms with E-state index in [-0.39, 0.29) is 18.5 Å². The van der Waals surface area contributed by atoms with Crippen LogP contribution in [0.5, 0.6) is 5.75 Å². The van der Waals surface area contributed by atoms with Crippen LogP contribution in [0.2, 0.25) is 0 Å². The molecule has 1 aliphatic rings. The van der Waals surface area contributed by atoms with Gasteiger partial charge in [-0.05, 0) is 70.2 Å². The number of hydrogen-bond acceptors (Lipinski definition) is 4. The van der Waals surface area contributed by atoms with Gasteiger partial charge < -0.3 is 15.4 Å². The van der Waals surface area contributed by atoms with Crippen molar-refractivity contribution in [1.82, 2.24) is 5.32 Å². The van der Waals surface area contributed by atoms with Crippen molar-refractivity contribution in [3.05, 3.63) is 53.8 Å². The van der Waals surface area contributed by atoms with Crippen molar-refractivity contribution in [2.45, 2.75) is 39.3 Å². The van der Waals surface area contributed by atoms with E-state index in [1.807, 2.05) is 13.8 Å². The second-order valence-electron chi connectivity index (χ2n) is 7.87. The second kappa shape index (κ2) is 8.14. The Labute approximate surface area is 174 Å². The number of benzene rings is 2. The highest BCUT2D eigenvalue weighted by atomic mass is 19.1. The summed E-state index contributed by atoms with van der Waals surface area (Å²) in [5.74, 6) is -1.18. The minimum absolute atomic E-state index is 0.0528. The molecule has 0 saturated heterocycles. The van der Waals surface area contributed by atoms with Crippen LogP contribution in [0.3, 0.4) is 0 Å². The zero-order valence-electron chi connectivity index (χ0n) is 17.3. The Hall–Kier alpha value is -3.42. The number of halogens is 1. The Kier molecular flexibility index (Phi) is 5.78. The first-order valence-electron chi connectivity index (χ1n) is 9.58. The van der Waals surface area contributed by atoms with Gasteiger partial charge >= 0.3 is 0 Å². The van der Waals surface area contributed by atoms with E-state index in [2.05, 4.69) is 10.6 Å². The molecule has 2 N–H and O–H groups in total. The van der Waals surface area contributed by atoms with Crippen molar-refractivity contribution in [2.75, 3.05) is 16.8 Å². The molecule has 8 heteroatoms. The van der Waals surface area contributed by atoms with Crippen LogP contribution in [0.15, 0.2) is 42.5 Å². The number of fused-ring (bicyclic) bond motifs is 1. The fourth-order valence-corrected chi connectivity index (χ4v) is 3.09. The molecular weight excluding hydrogens is 389 g/mol. The molecule has 1 heterocycles. The zero-order chi connectivity index (χ0) is 22.1. The molecule has 2 aromatic carbocycles. The number of carbonyl (C=O) groups is 3. The molecule has 0 spiro atoms. The van der Waals surface area contributed by atoms with E-state index in [4.69, 9.17) is 4.74 Å². The highest BCUT2D eigenvalue weighted by molar-refractivity contribution is 6.08. The van der Waals surface area contributed by atoms with Crippen molar-refractivity contribution < 1.29 is 23.5 Å². The molecule has 1 aliphatic heterocycles. The minimum Gasteiger partial charge on any atom is -0.476 e. The van der Waals surface area contributed by atoms with Crippen LogP contribution < -0.4 is 20.3 Å². The Bertz CT molecular complexity index is 986. The van der Waals surface area contributed by atoms with Gasteiger partial charge in [0.25, 0.3) is 11.8 Å². The summed E-state index contributed by atoms with van der Waals surface area (Å²) in [5.41, 5.74) is -0.0793. The van der Waals surface area contributed by atoms with Crippen LogP contribution in [-0.2, 0) is 9.59 Å². The van der Waals surface area contributed by atoms with Crippen molar-refractivity contribution in [2.24, 2.45) is 0 Å². The lowest BCUT2D eigenvalue weighted by molar-refractivity contribution is -0.133. The number of rotatable bonds is 5. The molecule has 0 radical (unpaired) electrons. The van der Waals surface area contributed by atoms with Crippen molar-refractivity contribution >= 4 is 29.1 Å². The van der Waals surface area contributed by atoms with E-state index in [9.17, 15) is 18.8 Å². The number of nitrogens with one attached hydrogen (secondary N) is 2. The van der Waals surface area contributed by atoms with Gasteiger partial charge in [0, 0.05) is 17.3 Å². The normalized spacial score (nSPS) is 14.7. The number of ether oxygens (including phenoxy) is 1. The van der Waals surface area contributed by atoms with Crippen LogP contribution >= 0.6 is 0 Å². The van der Waals surface area contributed by atoms with Crippen molar-refractivity contribution in [3.63, 3.8) is 0 Å². The third-order valence-corrected chi connectivity index (χ3v) is 4.49. The Morgan fingerprint density at radius 3 is 2.43 bits per heavy atom. The molecule has 0 atom stereocenters. The molecule has 0 aromatic heterocycles. The molecule has 0 fully saturated rings. The van der Waals surface area contributed by atoms with Gasteiger partial charge in [0.2, 0.25) is 5.91 Å². The van der Waals surface area contributed by atoms with Gasteiger partial charge in [0.15, 0.2) is 5.60 Å². The highest BCUT2D eigenvalue weighted by Crippen LogP contribution is 2.38. The van der Waals surface area contributed by atoms with Crippen LogP contribution in [0.1, 0.15) is 38.1 Å². The van der Waals surface area contributed by atoms with Gasteiger partial charge in [-0.1, -0.05) is 0 Å². The van der Waals surface area contributed by atoms with Gasteiger partial charge in [-0.25, -0.2) is 4.39 Å². The largest absolute Gasteiger partial charge is 0.476 e. The lowest BCUT2D eigenvalue weighted by Gasteiger charge is -2.38. The number of hydrogen-bond donors (Lipinski definition) is 2. The molecule has 0 bridgehead atoms. The van der Waals surface area contributed by atoms with Crippen LogP contribution in [0.25, 0.3) is 0 Å². The summed E-state index contributed by atoms with van der Waals surface area (Å²) in [4.78, 5) is 39.2. The monoisotopic (exact) mass is 413 g/mol. The molecule has 0 unspecified atom stereocenters. The van der Waals surface area contributed by atoms with Gasteiger partial charge in [-0.2, -0.15) is 0 Å². The van der Waals surface area contributed by atoms with Gasteiger partial charge in [-0.15, -0.1) is 0 Å². The van der Waals surface area contributed by atoms with E-state index < -0.39 is 23.2 Å². The number of amides is 3. The molecular formula is C22H24FN3O4. The maximum atomic E-state index is 13.1. The standard InChI is InChI=1S/C22H24FN3O4/c1-13(2)24-20(28)14-5-10-18-17(11-14)26(21(29)22(3,4)30-18)12-19(27)25-16-8-6-15(23)7-9-16/h5-11,13H,12H2,1-4H3,(H,24,28)(H,25,27). The molecule has 7 nitrogen and oxygen atoms in total. The highest BCUT2D eigenvalue weighted by Gasteiger charge is 2.41. The fourth-order valence-electron chi connectivity index (χ4n) is 3.09. The molecule has 3 amide bonds. The van der Waals surface area contributed by atoms with Gasteiger partial charge in [0.1, 0.15) is 18.1 Å². The fraction of sp³-hybridized carbons (Fsp3) is 0.318. The molecule has 158 valence electrons. The lowest BCUT2D eigenvalue weighted by Crippen LogP contribution is -2.54. The quantitative estimate of drug-likeness (QED) is 0.789. The average molecular weight is 413 g/mol. The summed E-state index contributed by atoms with van der Waals surface area (Å²) in [6.45, 7) is 6.63. The van der Waals surface area contributed by atoms with E-state index in [0.29, 0.717) is 22.7 Å². The Morgan fingerprint density at radius 1 is 1.13 bits per heavy atom. The van der Waals surface area contributed by atoms with E-state index in [1.165, 1.54) is 35.2 Å². The lowest BCUT2D eigenvalue weighted by atomic mass is 10.0. The molecule has 0 saturated carbocycles. The third-order valence-electron chi connectivity index (χ3n) is 4.49. The Balaban J connectivity index is 1.88. The van der Waals surface area contributed by atoms with Gasteiger partial charge in [-0.3, -0.25) is 19.3 Å². The Morgan fingerprint density at radius 2 is 1.80 bits per heavy atom. The predicted octanol–water partition coefficient (Wildman–Crippen LogP) is 3.11. The minimum atomic E-state index is -1.18. The first-order chi connectivity index (χ1) is 14.1. The average Bonchev–Trinajstić information content (AvgIpc) is 2.66. The number of carbonyl (C=O) groups excluding carboxylic acids is 3. The predicted molar refractivity (Wildman–Crippen MR) is 111 cm³/mol. The zero-order valence-corrected chi connectivity index (χ0v) is 17.3. The summed E-state index contributed by atoms with van der Waals surface area (Å²) in [6.07, 6.45) is 0. The van der Waals surface area contributed by atoms with Crippen LogP contribution in [0.4, 0.5) is 15.8 Å². The maximum absolute atomic E-state index is 13.1. The summed E-state index contributed by atoms with van der Waals surface area (Å²) in [6, 6.07) is 10.0. The number of nitrogens with zero attached hydrogens (tertiary/aromatic N) is 1. The number of anilines is 2. The van der Waals surface area contributed by atoms with Crippen molar-refractivity contribution in [1.29, 1.82) is 0 Å². The smallest absolute Gasteiger partial charge is 0.271 e. The first kappa shape index (κ1) is 21.3. The summed E-state index contributed by atoms with van der Waals surface area (Å²) in [5, 5.41) is 5.43. The topological polar surface area (TPSA) is 87.7 Å². The van der Waals surface area contributed by atoms with Crippen LogP contribution in [-0.4, -0.2) is 35.9 Å². The summed E-state index contributed by atoms with van der Waals surface area (Å²) in [7, 11) is 0. The van der Waals surface area contributed by atoms with E-state index >= 15 is 0 Å². The summed E-state index contributed by atoms with van der Waals surface area (Å²) < 4.78 is 18.9. The van der Waals surface area contributed by atoms with E-state index in [0.717, 1.165) is 0 Å². The second-order valence-corrected chi connectivity index (χ2v) is 7.87. The SMILES string of the molecule is CC(C)NC(=O)c1ccc2c(c1)N(CC(=O)Nc1ccc(F)cc1)C(=O)C(C)(C)O2. The van der Waals surface area contributed by atoms with Crippen LogP contribution in [0, 0.1) is 5.82 Å². The molecule has 0 aliphatic carbocycles. The van der Waals surface area contributed by atoms with E-state index in [1.54, 1.807) is 26.0 Å².